The van der Waals surface area contributed by atoms with Crippen LogP contribution in [-0.2, 0) is 0 Å². The van der Waals surface area contributed by atoms with Gasteiger partial charge in [-0.1, -0.05) is 0 Å². The van der Waals surface area contributed by atoms with Crippen molar-refractivity contribution in [3.05, 3.63) is 76.9 Å². The predicted molar refractivity (Wildman–Crippen MR) is 95.8 cm³/mol. The predicted octanol–water partition coefficient (Wildman–Crippen LogP) is 5.40. The molecule has 3 nitrogen and oxygen atoms in total. The molecule has 0 fully saturated rings. The molecule has 0 radical (unpaired) electrons. The quantitative estimate of drug-likeness (QED) is 0.454. The van der Waals surface area contributed by atoms with Crippen molar-refractivity contribution in [2.45, 2.75) is 0 Å². The van der Waals surface area contributed by atoms with Crippen molar-refractivity contribution < 1.29 is 8.78 Å². The molecule has 0 amide bonds. The van der Waals surface area contributed by atoms with Crippen LogP contribution in [0.1, 0.15) is 0 Å². The number of hydrogen-bond donors (Lipinski definition) is 0. The summed E-state index contributed by atoms with van der Waals surface area (Å²) in [6.45, 7) is 0. The van der Waals surface area contributed by atoms with Gasteiger partial charge in [-0.3, -0.25) is 0 Å². The van der Waals surface area contributed by atoms with Crippen molar-refractivity contribution >= 4 is 27.1 Å². The van der Waals surface area contributed by atoms with Crippen LogP contribution in [0.25, 0.3) is 33.7 Å². The third-order valence-corrected chi connectivity index (χ3v) is 4.16. The minimum atomic E-state index is -0.331. The van der Waals surface area contributed by atoms with Gasteiger partial charge in [-0.25, -0.2) is 23.7 Å². The van der Waals surface area contributed by atoms with Crippen LogP contribution in [0.4, 0.5) is 8.78 Å². The molecule has 2 heterocycles. The van der Waals surface area contributed by atoms with Crippen LogP contribution in [0.15, 0.2) is 65.3 Å². The van der Waals surface area contributed by atoms with Crippen LogP contribution < -0.4 is 0 Å². The molecule has 4 rings (SSSR count). The molecule has 0 atom stereocenters. The minimum Gasteiger partial charge on any atom is -0.242 e. The lowest BCUT2D eigenvalue weighted by atomic mass is 10.0. The zero-order valence-corrected chi connectivity index (χ0v) is 14.3. The van der Waals surface area contributed by atoms with Crippen molar-refractivity contribution in [3.8, 4) is 22.5 Å². The number of fused-ring (bicyclic) bond motifs is 1. The summed E-state index contributed by atoms with van der Waals surface area (Å²) >= 11 is 3.37. The number of nitrogens with zero attached hydrogens (tertiary/aromatic N) is 3. The van der Waals surface area contributed by atoms with Crippen molar-refractivity contribution in [2.24, 2.45) is 0 Å². The Labute approximate surface area is 150 Å². The third kappa shape index (κ3) is 3.13. The average molecular weight is 398 g/mol. The van der Waals surface area contributed by atoms with Crippen LogP contribution in [-0.4, -0.2) is 15.0 Å². The fraction of sp³-hybridized carbons (Fsp3) is 0. The normalized spacial score (nSPS) is 11.0. The molecule has 0 saturated carbocycles. The standard InChI is InChI=1S/C19H10BrF2N3/c20-13-9-16-19(23-10-13)25-18(12-3-7-15(22)8-4-12)17(24-16)11-1-5-14(21)6-2-11/h1-10H. The molecule has 0 bridgehead atoms. The Morgan fingerprint density at radius 1 is 0.720 bits per heavy atom. The highest BCUT2D eigenvalue weighted by atomic mass is 79.9. The van der Waals surface area contributed by atoms with Gasteiger partial charge in [0.25, 0.3) is 0 Å². The summed E-state index contributed by atoms with van der Waals surface area (Å²) in [5.74, 6) is -0.659. The molecule has 6 heteroatoms. The molecule has 0 aliphatic carbocycles. The number of pyridine rings is 1. The molecule has 4 aromatic rings. The van der Waals surface area contributed by atoms with Gasteiger partial charge in [-0.2, -0.15) is 0 Å². The van der Waals surface area contributed by atoms with Gasteiger partial charge in [0.05, 0.1) is 11.4 Å². The lowest BCUT2D eigenvalue weighted by Crippen LogP contribution is -1.97. The molecule has 2 aromatic heterocycles. The number of rotatable bonds is 2. The SMILES string of the molecule is Fc1ccc(-c2nc3cc(Br)cnc3nc2-c2ccc(F)cc2)cc1. The summed E-state index contributed by atoms with van der Waals surface area (Å²) in [5, 5.41) is 0. The largest absolute Gasteiger partial charge is 0.242 e. The topological polar surface area (TPSA) is 38.7 Å². The maximum atomic E-state index is 13.3. The highest BCUT2D eigenvalue weighted by Crippen LogP contribution is 2.31. The summed E-state index contributed by atoms with van der Waals surface area (Å²) < 4.78 is 27.3. The monoisotopic (exact) mass is 397 g/mol. The average Bonchev–Trinajstić information content (AvgIpc) is 2.62. The molecule has 0 spiro atoms. The van der Waals surface area contributed by atoms with Gasteiger partial charge in [-0.15, -0.1) is 0 Å². The third-order valence-electron chi connectivity index (χ3n) is 3.72. The Hall–Kier alpha value is -2.73. The van der Waals surface area contributed by atoms with E-state index in [2.05, 4.69) is 30.9 Å². The smallest absolute Gasteiger partial charge is 0.178 e. The number of aromatic nitrogens is 3. The van der Waals surface area contributed by atoms with Crippen LogP contribution >= 0.6 is 15.9 Å². The Kier molecular flexibility index (Phi) is 3.97. The highest BCUT2D eigenvalue weighted by molar-refractivity contribution is 9.10. The Balaban J connectivity index is 2.01. The molecule has 0 N–H and O–H groups in total. The Bertz CT molecular complexity index is 1060. The molecule has 122 valence electrons. The Morgan fingerprint density at radius 3 is 1.80 bits per heavy atom. The molecule has 0 unspecified atom stereocenters. The van der Waals surface area contributed by atoms with Gasteiger partial charge in [0, 0.05) is 21.8 Å². The maximum absolute atomic E-state index is 13.3. The first-order chi connectivity index (χ1) is 12.1. The van der Waals surface area contributed by atoms with Gasteiger partial charge < -0.3 is 0 Å². The summed E-state index contributed by atoms with van der Waals surface area (Å²) in [6.07, 6.45) is 1.64. The van der Waals surface area contributed by atoms with E-state index < -0.39 is 0 Å². The highest BCUT2D eigenvalue weighted by Gasteiger charge is 2.14. The minimum absolute atomic E-state index is 0.328. The summed E-state index contributed by atoms with van der Waals surface area (Å²) in [5.41, 5.74) is 3.66. The molecular formula is C19H10BrF2N3. The first kappa shape index (κ1) is 15.8. The van der Waals surface area contributed by atoms with Gasteiger partial charge >= 0.3 is 0 Å². The van der Waals surface area contributed by atoms with E-state index in [1.165, 1.54) is 24.3 Å². The second-order valence-corrected chi connectivity index (χ2v) is 6.35. The van der Waals surface area contributed by atoms with Gasteiger partial charge in [0.2, 0.25) is 0 Å². The van der Waals surface area contributed by atoms with Crippen molar-refractivity contribution in [2.75, 3.05) is 0 Å². The molecule has 2 aromatic carbocycles. The van der Waals surface area contributed by atoms with E-state index in [1.807, 2.05) is 6.07 Å². The van der Waals surface area contributed by atoms with E-state index in [9.17, 15) is 8.78 Å². The first-order valence-corrected chi connectivity index (χ1v) is 8.24. The van der Waals surface area contributed by atoms with Crippen LogP contribution in [0.3, 0.4) is 0 Å². The zero-order chi connectivity index (χ0) is 17.4. The van der Waals surface area contributed by atoms with E-state index in [0.717, 1.165) is 10.0 Å². The number of halogens is 3. The van der Waals surface area contributed by atoms with E-state index >= 15 is 0 Å². The fourth-order valence-corrected chi connectivity index (χ4v) is 2.86. The molecule has 0 saturated heterocycles. The van der Waals surface area contributed by atoms with Crippen molar-refractivity contribution in [1.82, 2.24) is 15.0 Å². The second-order valence-electron chi connectivity index (χ2n) is 5.43. The molecule has 0 aliphatic rings. The van der Waals surface area contributed by atoms with E-state index in [1.54, 1.807) is 30.5 Å². The summed E-state index contributed by atoms with van der Waals surface area (Å²) in [7, 11) is 0. The van der Waals surface area contributed by atoms with E-state index in [4.69, 9.17) is 0 Å². The Morgan fingerprint density at radius 2 is 1.24 bits per heavy atom. The molecular weight excluding hydrogens is 388 g/mol. The van der Waals surface area contributed by atoms with E-state index in [0.29, 0.717) is 28.1 Å². The van der Waals surface area contributed by atoms with Crippen LogP contribution in [0.2, 0.25) is 0 Å². The summed E-state index contributed by atoms with van der Waals surface area (Å²) in [4.78, 5) is 13.5. The fourth-order valence-electron chi connectivity index (χ4n) is 2.54. The molecule has 25 heavy (non-hydrogen) atoms. The first-order valence-electron chi connectivity index (χ1n) is 7.45. The van der Waals surface area contributed by atoms with Gasteiger partial charge in [-0.05, 0) is 70.5 Å². The summed E-state index contributed by atoms with van der Waals surface area (Å²) in [6, 6.07) is 13.8. The zero-order valence-electron chi connectivity index (χ0n) is 12.7. The maximum Gasteiger partial charge on any atom is 0.178 e. The van der Waals surface area contributed by atoms with Gasteiger partial charge in [0.1, 0.15) is 17.2 Å². The van der Waals surface area contributed by atoms with Gasteiger partial charge in [0.15, 0.2) is 5.65 Å². The van der Waals surface area contributed by atoms with Crippen molar-refractivity contribution in [1.29, 1.82) is 0 Å². The molecule has 0 aliphatic heterocycles. The number of hydrogen-bond acceptors (Lipinski definition) is 3. The lowest BCUT2D eigenvalue weighted by Gasteiger charge is -2.10. The van der Waals surface area contributed by atoms with E-state index in [-0.39, 0.29) is 11.6 Å². The van der Waals surface area contributed by atoms with Crippen molar-refractivity contribution in [3.63, 3.8) is 0 Å². The second kappa shape index (κ2) is 6.29. The van der Waals surface area contributed by atoms with Crippen LogP contribution in [0, 0.1) is 11.6 Å². The van der Waals surface area contributed by atoms with Crippen LogP contribution in [0.5, 0.6) is 0 Å². The lowest BCUT2D eigenvalue weighted by molar-refractivity contribution is 0.627. The number of benzene rings is 2.